The number of carbonyl (C=O) groups is 1. The maximum atomic E-state index is 13.2. The molecule has 6 aromatic rings. The second-order valence-electron chi connectivity index (χ2n) is 8.33. The van der Waals surface area contributed by atoms with E-state index in [9.17, 15) is 4.79 Å². The van der Waals surface area contributed by atoms with Gasteiger partial charge in [-0.2, -0.15) is 5.10 Å². The second kappa shape index (κ2) is 9.31. The van der Waals surface area contributed by atoms with Crippen LogP contribution in [0.3, 0.4) is 0 Å². The van der Waals surface area contributed by atoms with E-state index < -0.39 is 0 Å². The number of rotatable bonds is 6. The number of furan rings is 1. The first-order chi connectivity index (χ1) is 17.8. The number of benzene rings is 4. The molecule has 0 bridgehead atoms. The Morgan fingerprint density at radius 3 is 2.31 bits per heavy atom. The zero-order valence-electron chi connectivity index (χ0n) is 19.3. The first-order valence-corrected chi connectivity index (χ1v) is 11.6. The van der Waals surface area contributed by atoms with Gasteiger partial charge in [0.1, 0.15) is 11.3 Å². The Bertz CT molecular complexity index is 1660. The molecular formula is C31H21N3O2. The van der Waals surface area contributed by atoms with Gasteiger partial charge in [0.05, 0.1) is 11.4 Å². The van der Waals surface area contributed by atoms with Crippen LogP contribution in [0.15, 0.2) is 131 Å². The number of fused-ring (bicyclic) bond motifs is 1. The first kappa shape index (κ1) is 21.5. The molecule has 2 heterocycles. The van der Waals surface area contributed by atoms with Gasteiger partial charge in [-0.05, 0) is 36.4 Å². The van der Waals surface area contributed by atoms with Gasteiger partial charge in [-0.25, -0.2) is 4.68 Å². The molecule has 5 heteroatoms. The molecule has 4 aromatic carbocycles. The van der Waals surface area contributed by atoms with Gasteiger partial charge in [-0.15, -0.1) is 0 Å². The van der Waals surface area contributed by atoms with Crippen molar-refractivity contribution in [1.82, 2.24) is 9.78 Å². The number of hydrogen-bond donors (Lipinski definition) is 0. The molecular weight excluding hydrogens is 446 g/mol. The predicted molar refractivity (Wildman–Crippen MR) is 142 cm³/mol. The van der Waals surface area contributed by atoms with Crippen molar-refractivity contribution < 1.29 is 9.21 Å². The van der Waals surface area contributed by atoms with E-state index in [1.54, 1.807) is 12.3 Å². The first-order valence-electron chi connectivity index (χ1n) is 11.6. The number of ketones is 1. The summed E-state index contributed by atoms with van der Waals surface area (Å²) >= 11 is 0. The van der Waals surface area contributed by atoms with Crippen LogP contribution < -0.4 is 0 Å². The van der Waals surface area contributed by atoms with E-state index in [1.807, 2.05) is 120 Å². The lowest BCUT2D eigenvalue weighted by Gasteiger charge is -2.04. The van der Waals surface area contributed by atoms with Gasteiger partial charge >= 0.3 is 0 Å². The van der Waals surface area contributed by atoms with E-state index in [1.165, 1.54) is 0 Å². The summed E-state index contributed by atoms with van der Waals surface area (Å²) in [6.45, 7) is 0. The zero-order chi connectivity index (χ0) is 24.3. The molecule has 0 N–H and O–H groups in total. The van der Waals surface area contributed by atoms with Crippen LogP contribution in [-0.2, 0) is 0 Å². The maximum Gasteiger partial charge on any atom is 0.195 e. The lowest BCUT2D eigenvalue weighted by atomic mass is 10.0. The van der Waals surface area contributed by atoms with Crippen molar-refractivity contribution in [2.75, 3.05) is 0 Å². The molecule has 0 fully saturated rings. The molecule has 0 aliphatic rings. The highest BCUT2D eigenvalue weighted by Gasteiger charge is 2.17. The minimum atomic E-state index is -0.0687. The van der Waals surface area contributed by atoms with E-state index in [0.717, 1.165) is 22.2 Å². The lowest BCUT2D eigenvalue weighted by Crippen LogP contribution is -2.01. The summed E-state index contributed by atoms with van der Waals surface area (Å²) in [5.74, 6) is 0.585. The molecule has 172 valence electrons. The van der Waals surface area contributed by atoms with Crippen molar-refractivity contribution in [3.8, 4) is 17.1 Å². The van der Waals surface area contributed by atoms with Gasteiger partial charge in [0.2, 0.25) is 0 Å². The number of aromatic nitrogens is 2. The fraction of sp³-hybridized carbons (Fsp3) is 0. The Labute approximate surface area is 208 Å². The molecule has 0 aliphatic heterocycles. The highest BCUT2D eigenvalue weighted by atomic mass is 16.3. The van der Waals surface area contributed by atoms with Gasteiger partial charge < -0.3 is 4.42 Å². The number of hydrogen-bond acceptors (Lipinski definition) is 4. The smallest absolute Gasteiger partial charge is 0.195 e. The number of aliphatic imine (C=N–C) groups is 1. The molecule has 0 saturated carbocycles. The van der Waals surface area contributed by atoms with Crippen molar-refractivity contribution in [2.45, 2.75) is 0 Å². The van der Waals surface area contributed by atoms with E-state index in [-0.39, 0.29) is 5.78 Å². The number of nitrogens with zero attached hydrogens (tertiary/aromatic N) is 3. The van der Waals surface area contributed by atoms with Gasteiger partial charge in [-0.1, -0.05) is 78.9 Å². The van der Waals surface area contributed by atoms with Gasteiger partial charge in [0.25, 0.3) is 0 Å². The topological polar surface area (TPSA) is 60.4 Å². The molecule has 0 amide bonds. The third-order valence-electron chi connectivity index (χ3n) is 5.95. The van der Waals surface area contributed by atoms with Crippen LogP contribution >= 0.6 is 0 Å². The minimum absolute atomic E-state index is 0.0687. The molecule has 2 aromatic heterocycles. The Kier molecular flexibility index (Phi) is 5.56. The fourth-order valence-electron chi connectivity index (χ4n) is 4.15. The molecule has 0 radical (unpaired) electrons. The summed E-state index contributed by atoms with van der Waals surface area (Å²) in [6, 6.07) is 36.3. The van der Waals surface area contributed by atoms with E-state index in [4.69, 9.17) is 14.5 Å². The van der Waals surface area contributed by atoms with Crippen LogP contribution in [0.2, 0.25) is 0 Å². The van der Waals surface area contributed by atoms with Gasteiger partial charge in [-0.3, -0.25) is 9.79 Å². The molecule has 0 saturated heterocycles. The van der Waals surface area contributed by atoms with Crippen LogP contribution in [0, 0.1) is 0 Å². The summed E-state index contributed by atoms with van der Waals surface area (Å²) in [6.07, 6.45) is 3.66. The fourth-order valence-corrected chi connectivity index (χ4v) is 4.15. The van der Waals surface area contributed by atoms with E-state index in [0.29, 0.717) is 28.3 Å². The van der Waals surface area contributed by atoms with Gasteiger partial charge in [0.15, 0.2) is 11.5 Å². The molecule has 6 rings (SSSR count). The van der Waals surface area contributed by atoms with Crippen molar-refractivity contribution >= 4 is 28.7 Å². The molecule has 0 unspecified atom stereocenters. The largest absolute Gasteiger partial charge is 0.454 e. The third kappa shape index (κ3) is 4.14. The third-order valence-corrected chi connectivity index (χ3v) is 5.95. The molecule has 0 aliphatic carbocycles. The average Bonchev–Trinajstić information content (AvgIpc) is 3.57. The summed E-state index contributed by atoms with van der Waals surface area (Å²) in [7, 11) is 0. The molecule has 5 nitrogen and oxygen atoms in total. The van der Waals surface area contributed by atoms with Crippen molar-refractivity contribution in [3.05, 3.63) is 138 Å². The number of carbonyl (C=O) groups excluding carboxylic acids is 1. The molecule has 0 atom stereocenters. The summed E-state index contributed by atoms with van der Waals surface area (Å²) in [4.78, 5) is 17.9. The minimum Gasteiger partial charge on any atom is -0.454 e. The number of para-hydroxylation sites is 3. The lowest BCUT2D eigenvalue weighted by molar-refractivity contribution is 0.103. The predicted octanol–water partition coefficient (Wildman–Crippen LogP) is 7.27. The monoisotopic (exact) mass is 467 g/mol. The van der Waals surface area contributed by atoms with Crippen LogP contribution in [0.1, 0.15) is 21.5 Å². The second-order valence-corrected chi connectivity index (χ2v) is 8.33. The van der Waals surface area contributed by atoms with E-state index >= 15 is 0 Å². The highest BCUT2D eigenvalue weighted by Crippen LogP contribution is 2.30. The Hall–Kier alpha value is -5.03. The van der Waals surface area contributed by atoms with E-state index in [2.05, 4.69) is 0 Å². The summed E-state index contributed by atoms with van der Waals surface area (Å²) < 4.78 is 7.93. The van der Waals surface area contributed by atoms with Crippen LogP contribution in [0.25, 0.3) is 28.1 Å². The van der Waals surface area contributed by atoms with Crippen molar-refractivity contribution in [3.63, 3.8) is 0 Å². The van der Waals surface area contributed by atoms with Crippen LogP contribution in [-0.4, -0.2) is 21.8 Å². The average molecular weight is 468 g/mol. The standard InChI is InChI=1S/C31H21N3O2/c35-31(22-11-3-1-4-12-22)26-16-8-9-17-27(26)32-20-24-21-34(25-14-5-2-6-15-25)33-30(24)29-19-23-13-7-10-18-28(23)36-29/h1-21H. The zero-order valence-corrected chi connectivity index (χ0v) is 19.3. The van der Waals surface area contributed by atoms with Crippen molar-refractivity contribution in [1.29, 1.82) is 0 Å². The van der Waals surface area contributed by atoms with Gasteiger partial charge in [0, 0.05) is 34.5 Å². The molecule has 0 spiro atoms. The van der Waals surface area contributed by atoms with Crippen molar-refractivity contribution in [2.24, 2.45) is 4.99 Å². The molecule has 36 heavy (non-hydrogen) atoms. The maximum absolute atomic E-state index is 13.2. The SMILES string of the molecule is O=C(c1ccccc1)c1ccccc1N=Cc1cn(-c2ccccc2)nc1-c1cc2ccccc2o1. The summed E-state index contributed by atoms with van der Waals surface area (Å²) in [5.41, 5.74) is 4.93. The Morgan fingerprint density at radius 1 is 0.806 bits per heavy atom. The Balaban J connectivity index is 1.43. The quantitative estimate of drug-likeness (QED) is 0.191. The highest BCUT2D eigenvalue weighted by molar-refractivity contribution is 6.12. The normalized spacial score (nSPS) is 11.3. The Morgan fingerprint density at radius 2 is 1.50 bits per heavy atom. The van der Waals surface area contributed by atoms with Crippen LogP contribution in [0.5, 0.6) is 0 Å². The van der Waals surface area contributed by atoms with Crippen LogP contribution in [0.4, 0.5) is 5.69 Å². The summed E-state index contributed by atoms with van der Waals surface area (Å²) in [5, 5.41) is 5.83.